The van der Waals surface area contributed by atoms with Crippen molar-refractivity contribution in [2.75, 3.05) is 11.9 Å². The van der Waals surface area contributed by atoms with E-state index in [0.717, 1.165) is 30.6 Å². The van der Waals surface area contributed by atoms with Crippen LogP contribution in [-0.2, 0) is 6.54 Å². The number of hydrogen-bond acceptors (Lipinski definition) is 2. The molecule has 1 aromatic rings. The van der Waals surface area contributed by atoms with E-state index in [-0.39, 0.29) is 0 Å². The highest BCUT2D eigenvalue weighted by atomic mass is 15.2. The van der Waals surface area contributed by atoms with Gasteiger partial charge in [0.2, 0.25) is 5.95 Å². The minimum Gasteiger partial charge on any atom is -0.356 e. The van der Waals surface area contributed by atoms with Gasteiger partial charge < -0.3 is 9.88 Å². The molecular weight excluding hydrogens is 174 g/mol. The highest BCUT2D eigenvalue weighted by molar-refractivity contribution is 5.28. The molecule has 78 valence electrons. The number of anilines is 1. The number of imidazole rings is 1. The molecule has 1 aliphatic carbocycles. The molecule has 1 aliphatic rings. The molecule has 2 rings (SSSR count). The van der Waals surface area contributed by atoms with Crippen molar-refractivity contribution in [3.8, 4) is 0 Å². The summed E-state index contributed by atoms with van der Waals surface area (Å²) in [6.45, 7) is 6.25. The zero-order chi connectivity index (χ0) is 9.97. The first kappa shape index (κ1) is 9.56. The van der Waals surface area contributed by atoms with Gasteiger partial charge in [-0.05, 0) is 26.2 Å². The largest absolute Gasteiger partial charge is 0.356 e. The van der Waals surface area contributed by atoms with Crippen molar-refractivity contribution in [1.29, 1.82) is 0 Å². The molecule has 14 heavy (non-hydrogen) atoms. The second-order valence-corrected chi connectivity index (χ2v) is 4.15. The van der Waals surface area contributed by atoms with Crippen LogP contribution in [0.4, 0.5) is 5.95 Å². The molecule has 0 aromatic carbocycles. The van der Waals surface area contributed by atoms with Gasteiger partial charge in [0.15, 0.2) is 0 Å². The molecule has 0 saturated heterocycles. The van der Waals surface area contributed by atoms with Crippen LogP contribution in [0.15, 0.2) is 6.20 Å². The molecule has 3 nitrogen and oxygen atoms in total. The summed E-state index contributed by atoms with van der Waals surface area (Å²) >= 11 is 0. The SMILES string of the molecule is CCn1cc(C)nc1NCCC1CC1. The van der Waals surface area contributed by atoms with Crippen LogP contribution in [0.3, 0.4) is 0 Å². The Bertz CT molecular complexity index is 299. The lowest BCUT2D eigenvalue weighted by Gasteiger charge is -2.06. The van der Waals surface area contributed by atoms with Gasteiger partial charge in [0.05, 0.1) is 5.69 Å². The van der Waals surface area contributed by atoms with Crippen LogP contribution in [0.2, 0.25) is 0 Å². The third kappa shape index (κ3) is 2.28. The third-order valence-electron chi connectivity index (χ3n) is 2.77. The molecular formula is C11H19N3. The summed E-state index contributed by atoms with van der Waals surface area (Å²) in [6, 6.07) is 0. The van der Waals surface area contributed by atoms with Crippen LogP contribution < -0.4 is 5.32 Å². The van der Waals surface area contributed by atoms with E-state index in [0.29, 0.717) is 0 Å². The Hall–Kier alpha value is -0.990. The van der Waals surface area contributed by atoms with Crippen LogP contribution in [0.1, 0.15) is 31.9 Å². The minimum atomic E-state index is 0.993. The Labute approximate surface area is 85.5 Å². The number of aryl methyl sites for hydroxylation is 2. The summed E-state index contributed by atoms with van der Waals surface area (Å²) in [6.07, 6.45) is 6.26. The second-order valence-electron chi connectivity index (χ2n) is 4.15. The smallest absolute Gasteiger partial charge is 0.203 e. The van der Waals surface area contributed by atoms with Gasteiger partial charge in [-0.3, -0.25) is 0 Å². The van der Waals surface area contributed by atoms with E-state index >= 15 is 0 Å². The molecule has 0 spiro atoms. The van der Waals surface area contributed by atoms with Crippen molar-refractivity contribution in [2.24, 2.45) is 5.92 Å². The maximum Gasteiger partial charge on any atom is 0.203 e. The summed E-state index contributed by atoms with van der Waals surface area (Å²) in [5, 5.41) is 3.41. The second kappa shape index (κ2) is 4.03. The third-order valence-corrected chi connectivity index (χ3v) is 2.77. The average Bonchev–Trinajstić information content (AvgIpc) is 2.90. The average molecular weight is 193 g/mol. The fraction of sp³-hybridized carbons (Fsp3) is 0.727. The Morgan fingerprint density at radius 2 is 2.36 bits per heavy atom. The number of rotatable bonds is 5. The minimum absolute atomic E-state index is 0.993. The van der Waals surface area contributed by atoms with Crippen molar-refractivity contribution >= 4 is 5.95 Å². The first-order valence-electron chi connectivity index (χ1n) is 5.57. The molecule has 0 radical (unpaired) electrons. The molecule has 1 fully saturated rings. The van der Waals surface area contributed by atoms with Crippen LogP contribution in [0, 0.1) is 12.8 Å². The zero-order valence-corrected chi connectivity index (χ0v) is 9.08. The number of hydrogen-bond donors (Lipinski definition) is 1. The lowest BCUT2D eigenvalue weighted by atomic mass is 10.3. The summed E-state index contributed by atoms with van der Waals surface area (Å²) in [7, 11) is 0. The predicted octanol–water partition coefficient (Wildman–Crippen LogP) is 2.42. The molecule has 0 unspecified atom stereocenters. The number of nitrogens with one attached hydrogen (secondary N) is 1. The Morgan fingerprint density at radius 1 is 1.57 bits per heavy atom. The standard InChI is InChI=1S/C11H19N3/c1-3-14-8-9(2)13-11(14)12-7-6-10-4-5-10/h8,10H,3-7H2,1-2H3,(H,12,13). The molecule has 0 atom stereocenters. The van der Waals surface area contributed by atoms with E-state index in [1.165, 1.54) is 19.3 Å². The quantitative estimate of drug-likeness (QED) is 0.778. The van der Waals surface area contributed by atoms with Gasteiger partial charge in [-0.1, -0.05) is 12.8 Å². The predicted molar refractivity (Wildman–Crippen MR) is 58.5 cm³/mol. The molecule has 3 heteroatoms. The first-order chi connectivity index (χ1) is 6.79. The van der Waals surface area contributed by atoms with Gasteiger partial charge in [0.1, 0.15) is 0 Å². The lowest BCUT2D eigenvalue weighted by molar-refractivity contribution is 0.728. The van der Waals surface area contributed by atoms with Crippen LogP contribution in [-0.4, -0.2) is 16.1 Å². The molecule has 1 N–H and O–H groups in total. The Morgan fingerprint density at radius 3 is 3.00 bits per heavy atom. The summed E-state index contributed by atoms with van der Waals surface area (Å²) in [5.41, 5.74) is 1.10. The number of aromatic nitrogens is 2. The highest BCUT2D eigenvalue weighted by Gasteiger charge is 2.20. The van der Waals surface area contributed by atoms with Gasteiger partial charge in [-0.2, -0.15) is 0 Å². The van der Waals surface area contributed by atoms with Crippen LogP contribution in [0.25, 0.3) is 0 Å². The van der Waals surface area contributed by atoms with Gasteiger partial charge in [0.25, 0.3) is 0 Å². The fourth-order valence-corrected chi connectivity index (χ4v) is 1.72. The number of nitrogens with zero attached hydrogens (tertiary/aromatic N) is 2. The van der Waals surface area contributed by atoms with E-state index < -0.39 is 0 Å². The van der Waals surface area contributed by atoms with Crippen molar-refractivity contribution < 1.29 is 0 Å². The van der Waals surface area contributed by atoms with Gasteiger partial charge >= 0.3 is 0 Å². The van der Waals surface area contributed by atoms with Crippen LogP contribution in [0.5, 0.6) is 0 Å². The summed E-state index contributed by atoms with van der Waals surface area (Å²) in [5.74, 6) is 2.03. The summed E-state index contributed by atoms with van der Waals surface area (Å²) in [4.78, 5) is 4.45. The van der Waals surface area contributed by atoms with Crippen LogP contribution >= 0.6 is 0 Å². The first-order valence-corrected chi connectivity index (χ1v) is 5.57. The van der Waals surface area contributed by atoms with Crippen molar-refractivity contribution in [3.63, 3.8) is 0 Å². The molecule has 1 saturated carbocycles. The van der Waals surface area contributed by atoms with E-state index in [1.807, 2.05) is 6.92 Å². The zero-order valence-electron chi connectivity index (χ0n) is 9.08. The Kier molecular flexibility index (Phi) is 2.75. The highest BCUT2D eigenvalue weighted by Crippen LogP contribution is 2.32. The normalized spacial score (nSPS) is 15.9. The van der Waals surface area contributed by atoms with E-state index in [1.54, 1.807) is 0 Å². The van der Waals surface area contributed by atoms with E-state index in [4.69, 9.17) is 0 Å². The van der Waals surface area contributed by atoms with Crippen molar-refractivity contribution in [1.82, 2.24) is 9.55 Å². The fourth-order valence-electron chi connectivity index (χ4n) is 1.72. The van der Waals surface area contributed by atoms with Gasteiger partial charge in [0, 0.05) is 19.3 Å². The van der Waals surface area contributed by atoms with Gasteiger partial charge in [-0.25, -0.2) is 4.98 Å². The Balaban J connectivity index is 1.86. The topological polar surface area (TPSA) is 29.9 Å². The van der Waals surface area contributed by atoms with Crippen molar-refractivity contribution in [3.05, 3.63) is 11.9 Å². The van der Waals surface area contributed by atoms with E-state index in [2.05, 4.69) is 28.0 Å². The molecule has 0 bridgehead atoms. The molecule has 0 aliphatic heterocycles. The van der Waals surface area contributed by atoms with Crippen molar-refractivity contribution in [2.45, 2.75) is 39.7 Å². The summed E-state index contributed by atoms with van der Waals surface area (Å²) < 4.78 is 2.17. The maximum absolute atomic E-state index is 4.45. The van der Waals surface area contributed by atoms with Gasteiger partial charge in [-0.15, -0.1) is 0 Å². The van der Waals surface area contributed by atoms with E-state index in [9.17, 15) is 0 Å². The monoisotopic (exact) mass is 193 g/mol. The maximum atomic E-state index is 4.45. The molecule has 0 amide bonds. The molecule has 1 heterocycles. The molecule has 1 aromatic heterocycles. The lowest BCUT2D eigenvalue weighted by Crippen LogP contribution is -2.08.